The summed E-state index contributed by atoms with van der Waals surface area (Å²) in [5, 5.41) is 3.32. The summed E-state index contributed by atoms with van der Waals surface area (Å²) >= 11 is 12.5. The Morgan fingerprint density at radius 1 is 1.19 bits per heavy atom. The molecule has 3 N–H and O–H groups in total. The van der Waals surface area contributed by atoms with Crippen LogP contribution in [0.15, 0.2) is 45.3 Å². The van der Waals surface area contributed by atoms with E-state index in [-0.39, 0.29) is 12.5 Å². The van der Waals surface area contributed by atoms with Crippen LogP contribution in [-0.4, -0.2) is 12.5 Å². The molecule has 0 aliphatic rings. The van der Waals surface area contributed by atoms with Crippen LogP contribution in [0, 0.1) is 0 Å². The predicted molar refractivity (Wildman–Crippen MR) is 91.8 cm³/mol. The summed E-state index contributed by atoms with van der Waals surface area (Å²) < 4.78 is 6.83. The van der Waals surface area contributed by atoms with Crippen LogP contribution in [0.1, 0.15) is 0 Å². The van der Waals surface area contributed by atoms with E-state index < -0.39 is 0 Å². The zero-order valence-corrected chi connectivity index (χ0v) is 14.6. The van der Waals surface area contributed by atoms with Crippen LogP contribution < -0.4 is 15.8 Å². The lowest BCUT2D eigenvalue weighted by Gasteiger charge is -2.10. The number of amides is 1. The van der Waals surface area contributed by atoms with E-state index in [9.17, 15) is 4.79 Å². The predicted octanol–water partition coefficient (Wildman–Crippen LogP) is 4.46. The van der Waals surface area contributed by atoms with E-state index in [1.165, 1.54) is 0 Å². The van der Waals surface area contributed by atoms with Crippen molar-refractivity contribution in [3.8, 4) is 5.75 Å². The number of nitrogens with two attached hydrogens (primary N) is 1. The van der Waals surface area contributed by atoms with Gasteiger partial charge >= 0.3 is 0 Å². The van der Waals surface area contributed by atoms with E-state index in [2.05, 4.69) is 37.2 Å². The van der Waals surface area contributed by atoms with Crippen molar-refractivity contribution in [2.75, 3.05) is 17.7 Å². The lowest BCUT2D eigenvalue weighted by atomic mass is 10.3. The van der Waals surface area contributed by atoms with Gasteiger partial charge in [-0.1, -0.05) is 11.6 Å². The van der Waals surface area contributed by atoms with E-state index >= 15 is 0 Å². The molecule has 0 saturated carbocycles. The van der Waals surface area contributed by atoms with Crippen molar-refractivity contribution in [3.63, 3.8) is 0 Å². The quantitative estimate of drug-likeness (QED) is 0.698. The Bertz CT molecular complexity index is 680. The Morgan fingerprint density at radius 2 is 1.95 bits per heavy atom. The van der Waals surface area contributed by atoms with E-state index in [1.807, 2.05) is 0 Å². The minimum absolute atomic E-state index is 0.114. The Hall–Kier alpha value is -1.24. The van der Waals surface area contributed by atoms with Crippen LogP contribution >= 0.6 is 43.5 Å². The van der Waals surface area contributed by atoms with Gasteiger partial charge in [-0.3, -0.25) is 4.79 Å². The molecule has 2 rings (SSSR count). The van der Waals surface area contributed by atoms with Gasteiger partial charge < -0.3 is 15.8 Å². The summed E-state index contributed by atoms with van der Waals surface area (Å²) in [7, 11) is 0. The third-order valence-corrected chi connectivity index (χ3v) is 4.03. The van der Waals surface area contributed by atoms with Crippen LogP contribution in [0.3, 0.4) is 0 Å². The number of halogens is 3. The highest BCUT2D eigenvalue weighted by molar-refractivity contribution is 9.11. The Balaban J connectivity index is 1.96. The largest absolute Gasteiger partial charge is 0.483 e. The molecule has 1 amide bonds. The van der Waals surface area contributed by atoms with Gasteiger partial charge in [0.2, 0.25) is 0 Å². The molecule has 0 heterocycles. The number of nitrogen functional groups attached to an aromatic ring is 1. The molecule has 0 aliphatic heterocycles. The molecule has 2 aromatic carbocycles. The molecule has 0 fully saturated rings. The minimum Gasteiger partial charge on any atom is -0.483 e. The number of hydrogen-bond donors (Lipinski definition) is 2. The van der Waals surface area contributed by atoms with Crippen molar-refractivity contribution in [3.05, 3.63) is 50.4 Å². The van der Waals surface area contributed by atoms with Gasteiger partial charge in [-0.25, -0.2) is 0 Å². The van der Waals surface area contributed by atoms with Gasteiger partial charge in [-0.05, 0) is 68.3 Å². The summed E-state index contributed by atoms with van der Waals surface area (Å²) in [6, 6.07) is 10.2. The molecule has 0 unspecified atom stereocenters. The van der Waals surface area contributed by atoms with Crippen LogP contribution in [0.4, 0.5) is 11.4 Å². The van der Waals surface area contributed by atoms with E-state index in [1.54, 1.807) is 36.4 Å². The van der Waals surface area contributed by atoms with Gasteiger partial charge in [0.05, 0.1) is 10.2 Å². The first-order chi connectivity index (χ1) is 9.95. The highest BCUT2D eigenvalue weighted by atomic mass is 79.9. The van der Waals surface area contributed by atoms with Gasteiger partial charge in [0.25, 0.3) is 5.91 Å². The zero-order chi connectivity index (χ0) is 15.4. The van der Waals surface area contributed by atoms with Crippen molar-refractivity contribution < 1.29 is 9.53 Å². The van der Waals surface area contributed by atoms with E-state index in [0.717, 1.165) is 0 Å². The molecule has 0 atom stereocenters. The number of carbonyl (C=O) groups excluding carboxylic acids is 1. The Labute approximate surface area is 143 Å². The number of rotatable bonds is 4. The number of ether oxygens (including phenoxy) is 1. The number of nitrogens with one attached hydrogen (secondary N) is 1. The third kappa shape index (κ3) is 4.62. The van der Waals surface area contributed by atoms with Crippen molar-refractivity contribution in [2.24, 2.45) is 0 Å². The van der Waals surface area contributed by atoms with Crippen LogP contribution in [0.5, 0.6) is 5.75 Å². The van der Waals surface area contributed by atoms with Crippen molar-refractivity contribution in [1.82, 2.24) is 0 Å². The summed E-state index contributed by atoms with van der Waals surface area (Å²) in [5.41, 5.74) is 6.88. The smallest absolute Gasteiger partial charge is 0.262 e. The van der Waals surface area contributed by atoms with Crippen LogP contribution in [0.2, 0.25) is 5.02 Å². The fraction of sp³-hybridized carbons (Fsp3) is 0.0714. The molecule has 0 radical (unpaired) electrons. The molecule has 0 spiro atoms. The molecule has 2 aromatic rings. The number of anilines is 2. The molecule has 110 valence electrons. The maximum Gasteiger partial charge on any atom is 0.262 e. The van der Waals surface area contributed by atoms with E-state index in [4.69, 9.17) is 22.1 Å². The lowest BCUT2D eigenvalue weighted by molar-refractivity contribution is -0.118. The lowest BCUT2D eigenvalue weighted by Crippen LogP contribution is -2.20. The second-order valence-corrected chi connectivity index (χ2v) is 6.30. The monoisotopic (exact) mass is 432 g/mol. The normalized spacial score (nSPS) is 10.2. The standard InChI is InChI=1S/C14H11Br2ClN2O2/c15-10-6-9(18)2-3-12(10)19-14(20)7-21-13-4-1-8(17)5-11(13)16/h1-6H,7,18H2,(H,19,20). The Kier molecular flexibility index (Phi) is 5.50. The maximum absolute atomic E-state index is 11.9. The Morgan fingerprint density at radius 3 is 2.62 bits per heavy atom. The first kappa shape index (κ1) is 16.1. The van der Waals surface area contributed by atoms with Crippen molar-refractivity contribution in [1.29, 1.82) is 0 Å². The summed E-state index contributed by atoms with van der Waals surface area (Å²) in [5.74, 6) is 0.272. The zero-order valence-electron chi connectivity index (χ0n) is 10.7. The fourth-order valence-electron chi connectivity index (χ4n) is 1.55. The highest BCUT2D eigenvalue weighted by Gasteiger charge is 2.08. The fourth-order valence-corrected chi connectivity index (χ4v) is 2.85. The maximum atomic E-state index is 11.9. The molecule has 0 aliphatic carbocycles. The molecule has 0 saturated heterocycles. The van der Waals surface area contributed by atoms with Gasteiger partial charge in [-0.15, -0.1) is 0 Å². The number of benzene rings is 2. The van der Waals surface area contributed by atoms with Gasteiger partial charge in [0.1, 0.15) is 5.75 Å². The minimum atomic E-state index is -0.276. The summed E-state index contributed by atoms with van der Waals surface area (Å²) in [6.07, 6.45) is 0. The first-order valence-electron chi connectivity index (χ1n) is 5.88. The average molecular weight is 435 g/mol. The van der Waals surface area contributed by atoms with Gasteiger partial charge in [0.15, 0.2) is 6.61 Å². The molecular formula is C14H11Br2ClN2O2. The first-order valence-corrected chi connectivity index (χ1v) is 7.85. The molecule has 4 nitrogen and oxygen atoms in total. The second-order valence-electron chi connectivity index (χ2n) is 4.15. The molecular weight excluding hydrogens is 423 g/mol. The second kappa shape index (κ2) is 7.15. The molecule has 0 bridgehead atoms. The third-order valence-electron chi connectivity index (χ3n) is 2.52. The number of hydrogen-bond acceptors (Lipinski definition) is 3. The van der Waals surface area contributed by atoms with E-state index in [0.29, 0.717) is 31.1 Å². The van der Waals surface area contributed by atoms with Crippen molar-refractivity contribution >= 4 is 60.7 Å². The molecule has 0 aromatic heterocycles. The van der Waals surface area contributed by atoms with Crippen LogP contribution in [0.25, 0.3) is 0 Å². The molecule has 7 heteroatoms. The van der Waals surface area contributed by atoms with Crippen molar-refractivity contribution in [2.45, 2.75) is 0 Å². The summed E-state index contributed by atoms with van der Waals surface area (Å²) in [6.45, 7) is -0.114. The summed E-state index contributed by atoms with van der Waals surface area (Å²) in [4.78, 5) is 11.9. The van der Waals surface area contributed by atoms with Gasteiger partial charge in [0, 0.05) is 15.2 Å². The highest BCUT2D eigenvalue weighted by Crippen LogP contribution is 2.28. The topological polar surface area (TPSA) is 64.3 Å². The van der Waals surface area contributed by atoms with Gasteiger partial charge in [-0.2, -0.15) is 0 Å². The number of carbonyl (C=O) groups is 1. The van der Waals surface area contributed by atoms with Crippen LogP contribution in [-0.2, 0) is 4.79 Å². The average Bonchev–Trinajstić information content (AvgIpc) is 2.41. The molecule has 21 heavy (non-hydrogen) atoms. The SMILES string of the molecule is Nc1ccc(NC(=O)COc2ccc(Cl)cc2Br)c(Br)c1.